The molecule has 4 heteroatoms. The molecule has 0 saturated heterocycles. The first kappa shape index (κ1) is 17.7. The Kier molecular flexibility index (Phi) is 5.29. The van der Waals surface area contributed by atoms with E-state index in [0.717, 1.165) is 22.4 Å². The molecule has 0 unspecified atom stereocenters. The predicted molar refractivity (Wildman–Crippen MR) is 109 cm³/mol. The maximum absolute atomic E-state index is 12.9. The maximum Gasteiger partial charge on any atom is 0.170 e. The molecule has 0 aliphatic rings. The van der Waals surface area contributed by atoms with Crippen molar-refractivity contribution in [1.29, 1.82) is 0 Å². The van der Waals surface area contributed by atoms with E-state index in [2.05, 4.69) is 10.2 Å². The van der Waals surface area contributed by atoms with E-state index >= 15 is 0 Å². The molecule has 0 aliphatic carbocycles. The van der Waals surface area contributed by atoms with Gasteiger partial charge in [0.05, 0.1) is 11.3 Å². The fraction of sp³-hybridized carbons (Fsp3) is 0.0833. The molecule has 0 saturated carbocycles. The molecule has 0 atom stereocenters. The van der Waals surface area contributed by atoms with Crippen LogP contribution in [0.25, 0.3) is 11.3 Å². The highest BCUT2D eigenvalue weighted by atomic mass is 16.5. The lowest BCUT2D eigenvalue weighted by Crippen LogP contribution is -2.07. The summed E-state index contributed by atoms with van der Waals surface area (Å²) in [6, 6.07) is 27.2. The van der Waals surface area contributed by atoms with Crippen molar-refractivity contribution in [3.63, 3.8) is 0 Å². The molecule has 0 aliphatic heterocycles. The number of aromatic amines is 1. The van der Waals surface area contributed by atoms with E-state index in [9.17, 15) is 4.79 Å². The van der Waals surface area contributed by atoms with Crippen LogP contribution in [-0.4, -0.2) is 16.0 Å². The van der Waals surface area contributed by atoms with Crippen LogP contribution in [-0.2, 0) is 13.0 Å². The number of rotatable bonds is 7. The fourth-order valence-electron chi connectivity index (χ4n) is 3.07. The van der Waals surface area contributed by atoms with Crippen molar-refractivity contribution < 1.29 is 9.53 Å². The number of nitrogens with one attached hydrogen (secondary N) is 1. The van der Waals surface area contributed by atoms with Crippen LogP contribution in [0.5, 0.6) is 5.75 Å². The zero-order valence-corrected chi connectivity index (χ0v) is 15.3. The van der Waals surface area contributed by atoms with E-state index in [1.807, 2.05) is 84.9 Å². The molecule has 1 heterocycles. The van der Waals surface area contributed by atoms with Crippen molar-refractivity contribution >= 4 is 5.78 Å². The van der Waals surface area contributed by atoms with Gasteiger partial charge in [-0.1, -0.05) is 66.7 Å². The number of ketones is 1. The number of ether oxygens (including phenoxy) is 1. The first-order valence-electron chi connectivity index (χ1n) is 9.17. The first-order valence-corrected chi connectivity index (χ1v) is 9.17. The van der Waals surface area contributed by atoms with Gasteiger partial charge in [-0.25, -0.2) is 0 Å². The molecular formula is C24H20N2O2. The summed E-state index contributed by atoms with van der Waals surface area (Å²) in [5.41, 5.74) is 4.43. The van der Waals surface area contributed by atoms with Gasteiger partial charge in [0.25, 0.3) is 0 Å². The summed E-state index contributed by atoms with van der Waals surface area (Å²) in [6.45, 7) is 0.402. The molecular weight excluding hydrogens is 348 g/mol. The average molecular weight is 368 g/mol. The standard InChI is InChI=1S/C24H20N2O2/c27-23(15-18-7-3-1-4-8-18)21-12-11-20(22-13-14-25-26-22)16-24(21)28-17-19-9-5-2-6-10-19/h1-14,16H,15,17H2,(H,25,26). The van der Waals surface area contributed by atoms with Crippen LogP contribution in [0, 0.1) is 0 Å². The third kappa shape index (κ3) is 4.18. The normalized spacial score (nSPS) is 10.6. The van der Waals surface area contributed by atoms with Crippen molar-refractivity contribution in [3.05, 3.63) is 108 Å². The highest BCUT2D eigenvalue weighted by Crippen LogP contribution is 2.28. The Labute approximate surface area is 163 Å². The zero-order valence-electron chi connectivity index (χ0n) is 15.3. The first-order chi connectivity index (χ1) is 13.8. The van der Waals surface area contributed by atoms with E-state index in [-0.39, 0.29) is 5.78 Å². The van der Waals surface area contributed by atoms with Gasteiger partial charge in [0.15, 0.2) is 5.78 Å². The number of carbonyl (C=O) groups is 1. The second-order valence-electron chi connectivity index (χ2n) is 6.54. The van der Waals surface area contributed by atoms with Gasteiger partial charge in [-0.2, -0.15) is 5.10 Å². The second-order valence-corrected chi connectivity index (χ2v) is 6.54. The van der Waals surface area contributed by atoms with Crippen LogP contribution in [0.2, 0.25) is 0 Å². The lowest BCUT2D eigenvalue weighted by atomic mass is 10.00. The Bertz CT molecular complexity index is 1040. The van der Waals surface area contributed by atoms with E-state index < -0.39 is 0 Å². The van der Waals surface area contributed by atoms with Gasteiger partial charge in [-0.3, -0.25) is 9.89 Å². The predicted octanol–water partition coefficient (Wildman–Crippen LogP) is 5.08. The number of benzene rings is 3. The lowest BCUT2D eigenvalue weighted by Gasteiger charge is -2.13. The Balaban J connectivity index is 1.63. The smallest absolute Gasteiger partial charge is 0.170 e. The molecule has 0 spiro atoms. The van der Waals surface area contributed by atoms with Gasteiger partial charge in [-0.05, 0) is 29.3 Å². The monoisotopic (exact) mass is 368 g/mol. The van der Waals surface area contributed by atoms with Crippen LogP contribution in [0.15, 0.2) is 91.1 Å². The summed E-state index contributed by atoms with van der Waals surface area (Å²) in [5, 5.41) is 6.95. The highest BCUT2D eigenvalue weighted by Gasteiger charge is 2.15. The zero-order chi connectivity index (χ0) is 19.2. The summed E-state index contributed by atoms with van der Waals surface area (Å²) in [4.78, 5) is 12.9. The van der Waals surface area contributed by atoms with Gasteiger partial charge in [-0.15, -0.1) is 0 Å². The van der Waals surface area contributed by atoms with Gasteiger partial charge >= 0.3 is 0 Å². The van der Waals surface area contributed by atoms with Crippen molar-refractivity contribution in [2.75, 3.05) is 0 Å². The Morgan fingerprint density at radius 3 is 2.25 bits per heavy atom. The Morgan fingerprint density at radius 2 is 1.57 bits per heavy atom. The third-order valence-corrected chi connectivity index (χ3v) is 4.54. The fourth-order valence-corrected chi connectivity index (χ4v) is 3.07. The van der Waals surface area contributed by atoms with Crippen molar-refractivity contribution in [2.45, 2.75) is 13.0 Å². The SMILES string of the molecule is O=C(Cc1ccccc1)c1ccc(-c2ccn[nH]2)cc1OCc1ccccc1. The molecule has 3 aromatic carbocycles. The molecule has 0 radical (unpaired) electrons. The van der Waals surface area contributed by atoms with Gasteiger partial charge in [0.2, 0.25) is 0 Å². The highest BCUT2D eigenvalue weighted by molar-refractivity contribution is 6.00. The topological polar surface area (TPSA) is 55.0 Å². The number of H-pyrrole nitrogens is 1. The third-order valence-electron chi connectivity index (χ3n) is 4.54. The molecule has 28 heavy (non-hydrogen) atoms. The number of aromatic nitrogens is 2. The minimum absolute atomic E-state index is 0.0328. The minimum Gasteiger partial charge on any atom is -0.488 e. The molecule has 4 aromatic rings. The molecule has 0 fully saturated rings. The second kappa shape index (κ2) is 8.35. The van der Waals surface area contributed by atoms with E-state index in [0.29, 0.717) is 24.3 Å². The van der Waals surface area contributed by atoms with E-state index in [1.54, 1.807) is 6.20 Å². The van der Waals surface area contributed by atoms with Crippen molar-refractivity contribution in [3.8, 4) is 17.0 Å². The molecule has 1 N–H and O–H groups in total. The number of nitrogens with zero attached hydrogens (tertiary/aromatic N) is 1. The van der Waals surface area contributed by atoms with Crippen LogP contribution >= 0.6 is 0 Å². The lowest BCUT2D eigenvalue weighted by molar-refractivity contribution is 0.0988. The van der Waals surface area contributed by atoms with Gasteiger partial charge in [0, 0.05) is 18.2 Å². The summed E-state index contributed by atoms with van der Waals surface area (Å²) in [7, 11) is 0. The number of hydrogen-bond donors (Lipinski definition) is 1. The summed E-state index contributed by atoms with van der Waals surface area (Å²) < 4.78 is 6.07. The van der Waals surface area contributed by atoms with Gasteiger partial charge in [0.1, 0.15) is 12.4 Å². The molecule has 138 valence electrons. The number of hydrogen-bond acceptors (Lipinski definition) is 3. The van der Waals surface area contributed by atoms with Crippen molar-refractivity contribution in [2.24, 2.45) is 0 Å². The largest absolute Gasteiger partial charge is 0.488 e. The molecule has 4 rings (SSSR count). The minimum atomic E-state index is 0.0328. The number of Topliss-reactive ketones (excluding diaryl/α,β-unsaturated/α-hetero) is 1. The molecule has 0 bridgehead atoms. The van der Waals surface area contributed by atoms with Gasteiger partial charge < -0.3 is 4.74 Å². The summed E-state index contributed by atoms with van der Waals surface area (Å²) >= 11 is 0. The molecule has 0 amide bonds. The van der Waals surface area contributed by atoms with Crippen LogP contribution in [0.4, 0.5) is 0 Å². The average Bonchev–Trinajstić information content (AvgIpc) is 3.28. The van der Waals surface area contributed by atoms with Crippen molar-refractivity contribution in [1.82, 2.24) is 10.2 Å². The van der Waals surface area contributed by atoms with Crippen LogP contribution < -0.4 is 4.74 Å². The maximum atomic E-state index is 12.9. The van der Waals surface area contributed by atoms with E-state index in [1.165, 1.54) is 0 Å². The summed E-state index contributed by atoms with van der Waals surface area (Å²) in [6.07, 6.45) is 2.04. The quantitative estimate of drug-likeness (QED) is 0.463. The Hall–Kier alpha value is -3.66. The molecule has 1 aromatic heterocycles. The Morgan fingerprint density at radius 1 is 0.857 bits per heavy atom. The van der Waals surface area contributed by atoms with E-state index in [4.69, 9.17) is 4.74 Å². The number of carbonyl (C=O) groups excluding carboxylic acids is 1. The molecule has 4 nitrogen and oxygen atoms in total. The van der Waals surface area contributed by atoms with Crippen LogP contribution in [0.3, 0.4) is 0 Å². The van der Waals surface area contributed by atoms with Crippen LogP contribution in [0.1, 0.15) is 21.5 Å². The summed E-state index contributed by atoms with van der Waals surface area (Å²) in [5.74, 6) is 0.613.